The maximum Gasteiger partial charge on any atom is 0.257 e. The van der Waals surface area contributed by atoms with Crippen LogP contribution >= 0.6 is 23.2 Å². The van der Waals surface area contributed by atoms with Gasteiger partial charge in [0.15, 0.2) is 0 Å². The minimum absolute atomic E-state index is 0.0134. The fraction of sp³-hybridized carbons (Fsp3) is 0.217. The van der Waals surface area contributed by atoms with Crippen LogP contribution in [-0.4, -0.2) is 46.9 Å². The molecule has 7 heteroatoms. The van der Waals surface area contributed by atoms with Crippen LogP contribution in [0, 0.1) is 5.82 Å². The lowest BCUT2D eigenvalue weighted by atomic mass is 9.96. The molecular weight excluding hydrogens is 424 g/mol. The summed E-state index contributed by atoms with van der Waals surface area (Å²) in [5.41, 5.74) is 2.46. The van der Waals surface area contributed by atoms with Crippen molar-refractivity contribution in [3.05, 3.63) is 99.5 Å². The number of carbonyl (C=O) groups excluding carboxylic acids is 1. The molecule has 30 heavy (non-hydrogen) atoms. The molecular formula is C23H20Cl2FN3O. The van der Waals surface area contributed by atoms with Crippen molar-refractivity contribution in [1.82, 2.24) is 14.8 Å². The summed E-state index contributed by atoms with van der Waals surface area (Å²) in [7, 11) is 0. The Bertz CT molecular complexity index is 1020. The Kier molecular flexibility index (Phi) is 6.32. The van der Waals surface area contributed by atoms with E-state index in [-0.39, 0.29) is 22.9 Å². The SMILES string of the molecule is O=C(c1cc(Cl)cnc1Cl)N1CCN([C@H](c2ccccc2)c2ccc(F)cc2)CC1. The van der Waals surface area contributed by atoms with Gasteiger partial charge >= 0.3 is 0 Å². The molecule has 2 heterocycles. The molecule has 1 amide bonds. The van der Waals surface area contributed by atoms with Crippen molar-refractivity contribution < 1.29 is 9.18 Å². The molecule has 0 aliphatic carbocycles. The average molecular weight is 444 g/mol. The van der Waals surface area contributed by atoms with Crippen molar-refractivity contribution in [2.24, 2.45) is 0 Å². The summed E-state index contributed by atoms with van der Waals surface area (Å²) in [5, 5.41) is 0.530. The molecule has 154 valence electrons. The van der Waals surface area contributed by atoms with E-state index in [1.807, 2.05) is 30.3 Å². The molecule has 1 saturated heterocycles. The summed E-state index contributed by atoms with van der Waals surface area (Å²) in [4.78, 5) is 21.0. The minimum atomic E-state index is -0.256. The number of pyridine rings is 1. The molecule has 1 aliphatic rings. The normalized spacial score (nSPS) is 15.8. The molecule has 4 nitrogen and oxygen atoms in total. The van der Waals surface area contributed by atoms with E-state index in [1.165, 1.54) is 18.3 Å². The van der Waals surface area contributed by atoms with Crippen molar-refractivity contribution >= 4 is 29.1 Å². The number of hydrogen-bond donors (Lipinski definition) is 0. The number of hydrogen-bond acceptors (Lipinski definition) is 3. The second-order valence-corrected chi connectivity index (χ2v) is 7.98. The van der Waals surface area contributed by atoms with Crippen molar-refractivity contribution in [3.8, 4) is 0 Å². The van der Waals surface area contributed by atoms with Crippen molar-refractivity contribution in [1.29, 1.82) is 0 Å². The van der Waals surface area contributed by atoms with E-state index in [2.05, 4.69) is 22.0 Å². The molecule has 2 aromatic carbocycles. The number of nitrogens with zero attached hydrogens (tertiary/aromatic N) is 3. The van der Waals surface area contributed by atoms with Gasteiger partial charge in [0.1, 0.15) is 11.0 Å². The summed E-state index contributed by atoms with van der Waals surface area (Å²) < 4.78 is 13.5. The zero-order chi connectivity index (χ0) is 21.1. The molecule has 1 atom stereocenters. The van der Waals surface area contributed by atoms with Gasteiger partial charge in [0.25, 0.3) is 5.91 Å². The lowest BCUT2D eigenvalue weighted by Crippen LogP contribution is -2.50. The first kappa shape index (κ1) is 20.8. The van der Waals surface area contributed by atoms with Gasteiger partial charge in [-0.2, -0.15) is 0 Å². The van der Waals surface area contributed by atoms with Crippen molar-refractivity contribution in [3.63, 3.8) is 0 Å². The van der Waals surface area contributed by atoms with Crippen molar-refractivity contribution in [2.75, 3.05) is 26.2 Å². The largest absolute Gasteiger partial charge is 0.336 e. The van der Waals surface area contributed by atoms with E-state index in [4.69, 9.17) is 23.2 Å². The van der Waals surface area contributed by atoms with E-state index in [0.29, 0.717) is 36.8 Å². The Morgan fingerprint density at radius 2 is 1.57 bits per heavy atom. The molecule has 3 aromatic rings. The quantitative estimate of drug-likeness (QED) is 0.527. The fourth-order valence-corrected chi connectivity index (χ4v) is 4.16. The molecule has 1 aliphatic heterocycles. The van der Waals surface area contributed by atoms with E-state index in [9.17, 15) is 9.18 Å². The molecule has 1 aromatic heterocycles. The molecule has 0 radical (unpaired) electrons. The van der Waals surface area contributed by atoms with Gasteiger partial charge in [0.05, 0.1) is 16.6 Å². The third-order valence-electron chi connectivity index (χ3n) is 5.30. The van der Waals surface area contributed by atoms with Gasteiger partial charge in [0.2, 0.25) is 0 Å². The smallest absolute Gasteiger partial charge is 0.257 e. The molecule has 0 saturated carbocycles. The summed E-state index contributed by atoms with van der Waals surface area (Å²) in [6.07, 6.45) is 1.42. The monoisotopic (exact) mass is 443 g/mol. The van der Waals surface area contributed by atoms with Gasteiger partial charge < -0.3 is 4.90 Å². The van der Waals surface area contributed by atoms with Gasteiger partial charge in [-0.05, 0) is 29.3 Å². The summed E-state index contributed by atoms with van der Waals surface area (Å²) >= 11 is 12.1. The van der Waals surface area contributed by atoms with Gasteiger partial charge in [-0.15, -0.1) is 0 Å². The number of benzene rings is 2. The average Bonchev–Trinajstić information content (AvgIpc) is 2.78. The van der Waals surface area contributed by atoms with Crippen LogP contribution in [0.2, 0.25) is 10.2 Å². The number of carbonyl (C=O) groups is 1. The highest BCUT2D eigenvalue weighted by Gasteiger charge is 2.29. The second-order valence-electron chi connectivity index (χ2n) is 7.18. The highest BCUT2D eigenvalue weighted by atomic mass is 35.5. The first-order valence-corrected chi connectivity index (χ1v) is 10.4. The molecule has 1 fully saturated rings. The minimum Gasteiger partial charge on any atom is -0.336 e. The lowest BCUT2D eigenvalue weighted by Gasteiger charge is -2.39. The van der Waals surface area contributed by atoms with Gasteiger partial charge in [-0.1, -0.05) is 65.7 Å². The molecule has 0 N–H and O–H groups in total. The van der Waals surface area contributed by atoms with E-state index in [0.717, 1.165) is 11.1 Å². The van der Waals surface area contributed by atoms with Crippen LogP contribution in [-0.2, 0) is 0 Å². The van der Waals surface area contributed by atoms with Crippen molar-refractivity contribution in [2.45, 2.75) is 6.04 Å². The predicted molar refractivity (Wildman–Crippen MR) is 116 cm³/mol. The summed E-state index contributed by atoms with van der Waals surface area (Å²) in [6.45, 7) is 2.45. The summed E-state index contributed by atoms with van der Waals surface area (Å²) in [6, 6.07) is 18.3. The fourth-order valence-electron chi connectivity index (χ4n) is 3.82. The topological polar surface area (TPSA) is 36.4 Å². The first-order valence-electron chi connectivity index (χ1n) is 9.68. The van der Waals surface area contributed by atoms with Crippen LogP contribution < -0.4 is 0 Å². The molecule has 0 unspecified atom stereocenters. The van der Waals surface area contributed by atoms with E-state index in [1.54, 1.807) is 11.0 Å². The number of piperazine rings is 1. The highest BCUT2D eigenvalue weighted by Crippen LogP contribution is 2.30. The maximum atomic E-state index is 13.5. The zero-order valence-electron chi connectivity index (χ0n) is 16.1. The molecule has 0 spiro atoms. The van der Waals surface area contributed by atoms with Crippen LogP contribution in [0.4, 0.5) is 4.39 Å². The second kappa shape index (κ2) is 9.13. The van der Waals surface area contributed by atoms with E-state index < -0.39 is 0 Å². The standard InChI is InChI=1S/C23H20Cl2FN3O/c24-18-14-20(22(25)27-15-18)23(30)29-12-10-28(11-13-29)21(16-4-2-1-3-5-16)17-6-8-19(26)9-7-17/h1-9,14-15,21H,10-13H2/t21-/m1/s1. The molecule has 0 bridgehead atoms. The summed E-state index contributed by atoms with van der Waals surface area (Å²) in [5.74, 6) is -0.430. The number of rotatable bonds is 4. The first-order chi connectivity index (χ1) is 14.5. The Balaban J connectivity index is 1.53. The number of amides is 1. The van der Waals surface area contributed by atoms with Crippen LogP contribution in [0.5, 0.6) is 0 Å². The Labute approximate surface area is 184 Å². The van der Waals surface area contributed by atoms with Crippen LogP contribution in [0.25, 0.3) is 0 Å². The maximum absolute atomic E-state index is 13.5. The number of aromatic nitrogens is 1. The van der Waals surface area contributed by atoms with Gasteiger partial charge in [-0.3, -0.25) is 9.69 Å². The molecule has 4 rings (SSSR count). The Morgan fingerprint density at radius 3 is 2.23 bits per heavy atom. The predicted octanol–water partition coefficient (Wildman–Crippen LogP) is 5.07. The van der Waals surface area contributed by atoms with E-state index >= 15 is 0 Å². The highest BCUT2D eigenvalue weighted by molar-refractivity contribution is 6.34. The third kappa shape index (κ3) is 4.48. The number of halogens is 3. The van der Waals surface area contributed by atoms with Crippen LogP contribution in [0.3, 0.4) is 0 Å². The van der Waals surface area contributed by atoms with Crippen LogP contribution in [0.1, 0.15) is 27.5 Å². The lowest BCUT2D eigenvalue weighted by molar-refractivity contribution is 0.0597. The zero-order valence-corrected chi connectivity index (χ0v) is 17.7. The third-order valence-corrected chi connectivity index (χ3v) is 5.81. The van der Waals surface area contributed by atoms with Crippen LogP contribution in [0.15, 0.2) is 66.9 Å². The van der Waals surface area contributed by atoms with Gasteiger partial charge in [0, 0.05) is 32.4 Å². The Hall–Kier alpha value is -2.47. The Morgan fingerprint density at radius 1 is 0.933 bits per heavy atom. The van der Waals surface area contributed by atoms with Gasteiger partial charge in [-0.25, -0.2) is 9.37 Å².